The highest BCUT2D eigenvalue weighted by molar-refractivity contribution is 5.37. The maximum Gasteiger partial charge on any atom is 0.235 e. The lowest BCUT2D eigenvalue weighted by Crippen LogP contribution is -2.32. The van der Waals surface area contributed by atoms with E-state index in [1.54, 1.807) is 6.08 Å². The molecule has 1 rings (SSSR count). The molecule has 0 aromatic carbocycles. The molecule has 0 aromatic rings. The first-order valence-corrected chi connectivity index (χ1v) is 5.09. The van der Waals surface area contributed by atoms with E-state index in [1.807, 2.05) is 26.0 Å². The molecule has 0 heterocycles. The second-order valence-electron chi connectivity index (χ2n) is 4.16. The summed E-state index contributed by atoms with van der Waals surface area (Å²) in [7, 11) is 0. The second kappa shape index (κ2) is 5.36. The predicted octanol–water partition coefficient (Wildman–Crippen LogP) is 1.94. The van der Waals surface area contributed by atoms with Gasteiger partial charge in [0.25, 0.3) is 0 Å². The van der Waals surface area contributed by atoms with Crippen LogP contribution in [0.25, 0.3) is 0 Å². The number of isocyanates is 2. The molecule has 16 heavy (non-hydrogen) atoms. The molecule has 0 saturated heterocycles. The highest BCUT2D eigenvalue weighted by Gasteiger charge is 2.32. The lowest BCUT2D eigenvalue weighted by molar-refractivity contribution is 0.340. The van der Waals surface area contributed by atoms with Crippen LogP contribution >= 0.6 is 0 Å². The molecule has 84 valence electrons. The van der Waals surface area contributed by atoms with Crippen molar-refractivity contribution in [2.24, 2.45) is 15.4 Å². The van der Waals surface area contributed by atoms with Crippen molar-refractivity contribution < 1.29 is 9.59 Å². The Hall–Kier alpha value is -1.76. The van der Waals surface area contributed by atoms with Crippen molar-refractivity contribution in [1.82, 2.24) is 0 Å². The molecular weight excluding hydrogens is 204 g/mol. The number of carbonyl (C=O) groups excluding carboxylic acids is 2. The van der Waals surface area contributed by atoms with Gasteiger partial charge in [0.1, 0.15) is 0 Å². The molecule has 0 N–H and O–H groups in total. The summed E-state index contributed by atoms with van der Waals surface area (Å²) in [6, 6.07) is -0.355. The van der Waals surface area contributed by atoms with Crippen LogP contribution in [0.4, 0.5) is 0 Å². The van der Waals surface area contributed by atoms with E-state index >= 15 is 0 Å². The van der Waals surface area contributed by atoms with Gasteiger partial charge in [-0.1, -0.05) is 30.7 Å². The monoisotopic (exact) mass is 218 g/mol. The summed E-state index contributed by atoms with van der Waals surface area (Å²) in [6.07, 6.45) is 9.86. The van der Waals surface area contributed by atoms with E-state index in [1.165, 1.54) is 11.7 Å². The Bertz CT molecular complexity index is 413. The first-order chi connectivity index (χ1) is 7.62. The maximum atomic E-state index is 10.4. The quantitative estimate of drug-likeness (QED) is 0.534. The third-order valence-corrected chi connectivity index (χ3v) is 2.89. The third-order valence-electron chi connectivity index (χ3n) is 2.89. The first-order valence-electron chi connectivity index (χ1n) is 5.09. The molecule has 0 fully saturated rings. The minimum Gasteiger partial charge on any atom is -0.211 e. The van der Waals surface area contributed by atoms with Crippen LogP contribution in [0.5, 0.6) is 0 Å². The van der Waals surface area contributed by atoms with Crippen LogP contribution in [0.15, 0.2) is 33.8 Å². The minimum absolute atomic E-state index is 0.173. The average Bonchev–Trinajstić information content (AvgIpc) is 2.28. The molecule has 0 aromatic heterocycles. The van der Waals surface area contributed by atoms with E-state index in [0.717, 1.165) is 6.42 Å². The van der Waals surface area contributed by atoms with Crippen LogP contribution in [0.2, 0.25) is 0 Å². The number of allylic oxidation sites excluding steroid dienone is 3. The van der Waals surface area contributed by atoms with Gasteiger partial charge in [-0.3, -0.25) is 0 Å². The van der Waals surface area contributed by atoms with Crippen molar-refractivity contribution >= 4 is 12.2 Å². The summed E-state index contributed by atoms with van der Waals surface area (Å²) in [5.74, 6) is 0. The molecule has 4 nitrogen and oxygen atoms in total. The largest absolute Gasteiger partial charge is 0.235 e. The van der Waals surface area contributed by atoms with Gasteiger partial charge in [-0.15, -0.1) is 0 Å². The standard InChI is InChI=1S/C12H14N2O2/c1-10-3-5-12(2,6-4-10)11(14-9-16)7-13-8-15/h3-5,11H,6-7H2,1-2H3. The van der Waals surface area contributed by atoms with E-state index in [0.29, 0.717) is 0 Å². The summed E-state index contributed by atoms with van der Waals surface area (Å²) >= 11 is 0. The van der Waals surface area contributed by atoms with Gasteiger partial charge < -0.3 is 0 Å². The van der Waals surface area contributed by atoms with E-state index in [9.17, 15) is 9.59 Å². The zero-order valence-electron chi connectivity index (χ0n) is 9.43. The van der Waals surface area contributed by atoms with Crippen LogP contribution in [0, 0.1) is 5.41 Å². The Kier molecular flexibility index (Phi) is 4.12. The van der Waals surface area contributed by atoms with Gasteiger partial charge in [-0.05, 0) is 13.3 Å². The SMILES string of the molecule is CC1=CCC(C)(C(CN=C=O)N=C=O)C=C1. The van der Waals surface area contributed by atoms with Gasteiger partial charge in [-0.25, -0.2) is 14.6 Å². The Labute approximate surface area is 94.5 Å². The smallest absolute Gasteiger partial charge is 0.211 e. The fourth-order valence-corrected chi connectivity index (χ4v) is 1.67. The Morgan fingerprint density at radius 3 is 2.75 bits per heavy atom. The average molecular weight is 218 g/mol. The van der Waals surface area contributed by atoms with Crippen molar-refractivity contribution in [2.75, 3.05) is 6.54 Å². The van der Waals surface area contributed by atoms with Gasteiger partial charge in [0.2, 0.25) is 12.2 Å². The van der Waals surface area contributed by atoms with Crippen molar-refractivity contribution in [2.45, 2.75) is 26.3 Å². The van der Waals surface area contributed by atoms with Crippen LogP contribution in [-0.2, 0) is 9.59 Å². The van der Waals surface area contributed by atoms with Crippen molar-refractivity contribution in [1.29, 1.82) is 0 Å². The summed E-state index contributed by atoms with van der Waals surface area (Å²) in [4.78, 5) is 27.7. The first kappa shape index (κ1) is 12.3. The maximum absolute atomic E-state index is 10.4. The van der Waals surface area contributed by atoms with Crippen LogP contribution < -0.4 is 0 Å². The lowest BCUT2D eigenvalue weighted by atomic mass is 9.76. The molecule has 0 spiro atoms. The predicted molar refractivity (Wildman–Crippen MR) is 60.5 cm³/mol. The number of rotatable bonds is 4. The summed E-state index contributed by atoms with van der Waals surface area (Å²) in [5, 5.41) is 0. The number of nitrogens with zero attached hydrogens (tertiary/aromatic N) is 2. The summed E-state index contributed by atoms with van der Waals surface area (Å²) in [5.41, 5.74) is 0.905. The summed E-state index contributed by atoms with van der Waals surface area (Å²) in [6.45, 7) is 4.17. The van der Waals surface area contributed by atoms with Crippen molar-refractivity contribution in [3.8, 4) is 0 Å². The second-order valence-corrected chi connectivity index (χ2v) is 4.16. The zero-order chi connectivity index (χ0) is 12.0. The Balaban J connectivity index is 2.90. The zero-order valence-corrected chi connectivity index (χ0v) is 9.43. The van der Waals surface area contributed by atoms with Crippen LogP contribution in [0.1, 0.15) is 20.3 Å². The molecule has 0 amide bonds. The van der Waals surface area contributed by atoms with Gasteiger partial charge in [0.15, 0.2) is 0 Å². The summed E-state index contributed by atoms with van der Waals surface area (Å²) < 4.78 is 0. The van der Waals surface area contributed by atoms with Crippen molar-refractivity contribution in [3.05, 3.63) is 23.8 Å². The topological polar surface area (TPSA) is 58.9 Å². The molecule has 1 aliphatic carbocycles. The third kappa shape index (κ3) is 2.86. The molecule has 2 atom stereocenters. The lowest BCUT2D eigenvalue weighted by Gasteiger charge is -2.31. The Morgan fingerprint density at radius 1 is 1.50 bits per heavy atom. The van der Waals surface area contributed by atoms with Crippen LogP contribution in [-0.4, -0.2) is 24.7 Å². The van der Waals surface area contributed by atoms with E-state index in [-0.39, 0.29) is 18.0 Å². The van der Waals surface area contributed by atoms with Crippen molar-refractivity contribution in [3.63, 3.8) is 0 Å². The van der Waals surface area contributed by atoms with E-state index in [2.05, 4.69) is 16.1 Å². The normalized spacial score (nSPS) is 25.0. The van der Waals surface area contributed by atoms with E-state index in [4.69, 9.17) is 0 Å². The molecular formula is C12H14N2O2. The Morgan fingerprint density at radius 2 is 2.25 bits per heavy atom. The van der Waals surface area contributed by atoms with Crippen LogP contribution in [0.3, 0.4) is 0 Å². The highest BCUT2D eigenvalue weighted by atomic mass is 16.1. The van der Waals surface area contributed by atoms with E-state index < -0.39 is 0 Å². The van der Waals surface area contributed by atoms with Gasteiger partial charge in [0, 0.05) is 5.41 Å². The molecule has 0 saturated carbocycles. The molecule has 2 unspecified atom stereocenters. The number of hydrogen-bond acceptors (Lipinski definition) is 4. The molecule has 0 aliphatic heterocycles. The molecule has 0 radical (unpaired) electrons. The number of aliphatic imine (C=N–C) groups is 2. The highest BCUT2D eigenvalue weighted by Crippen LogP contribution is 2.34. The molecule has 0 bridgehead atoms. The number of hydrogen-bond donors (Lipinski definition) is 0. The fraction of sp³-hybridized carbons (Fsp3) is 0.500. The van der Waals surface area contributed by atoms with Gasteiger partial charge in [0.05, 0.1) is 12.6 Å². The molecule has 1 aliphatic rings. The fourth-order valence-electron chi connectivity index (χ4n) is 1.67. The van der Waals surface area contributed by atoms with Gasteiger partial charge >= 0.3 is 0 Å². The van der Waals surface area contributed by atoms with Gasteiger partial charge in [-0.2, -0.15) is 4.99 Å². The minimum atomic E-state index is -0.355. The molecule has 4 heteroatoms.